The first-order valence-electron chi connectivity index (χ1n) is 5.74. The Morgan fingerprint density at radius 1 is 1.06 bits per heavy atom. The molecule has 1 saturated heterocycles. The van der Waals surface area contributed by atoms with Crippen LogP contribution in [0.4, 0.5) is 13.2 Å². The molecular formula is C12H15F3N2O. The molecule has 0 atom stereocenters. The number of benzene rings is 1. The molecule has 0 N–H and O–H groups in total. The SMILES string of the molecule is CN1CCN(Oc2ccccc2C(F)(F)F)CC1. The molecule has 0 saturated carbocycles. The highest BCUT2D eigenvalue weighted by atomic mass is 19.4. The van der Waals surface area contributed by atoms with Gasteiger partial charge in [0.1, 0.15) is 5.56 Å². The van der Waals surface area contributed by atoms with Crippen molar-refractivity contribution in [1.29, 1.82) is 0 Å². The molecule has 100 valence electrons. The maximum Gasteiger partial charge on any atom is 0.420 e. The molecule has 1 heterocycles. The molecule has 0 aliphatic carbocycles. The summed E-state index contributed by atoms with van der Waals surface area (Å²) in [7, 11) is 1.97. The fraction of sp³-hybridized carbons (Fsp3) is 0.500. The molecule has 18 heavy (non-hydrogen) atoms. The lowest BCUT2D eigenvalue weighted by Crippen LogP contribution is -2.46. The number of piperazine rings is 1. The average Bonchev–Trinajstić information content (AvgIpc) is 2.31. The number of rotatable bonds is 2. The molecule has 0 spiro atoms. The lowest BCUT2D eigenvalue weighted by Gasteiger charge is -2.32. The fourth-order valence-electron chi connectivity index (χ4n) is 1.80. The van der Waals surface area contributed by atoms with Gasteiger partial charge >= 0.3 is 6.18 Å². The fourth-order valence-corrected chi connectivity index (χ4v) is 1.80. The number of likely N-dealkylation sites (N-methyl/N-ethyl adjacent to an activating group) is 1. The Hall–Kier alpha value is -1.27. The molecule has 3 nitrogen and oxygen atoms in total. The summed E-state index contributed by atoms with van der Waals surface area (Å²) in [6, 6.07) is 5.28. The van der Waals surface area contributed by atoms with Crippen LogP contribution in [0.5, 0.6) is 5.75 Å². The van der Waals surface area contributed by atoms with E-state index >= 15 is 0 Å². The van der Waals surface area contributed by atoms with Crippen molar-refractivity contribution in [3.8, 4) is 5.75 Å². The second kappa shape index (κ2) is 5.16. The van der Waals surface area contributed by atoms with Crippen LogP contribution in [0.3, 0.4) is 0 Å². The summed E-state index contributed by atoms with van der Waals surface area (Å²) >= 11 is 0. The minimum atomic E-state index is -4.39. The Bertz CT molecular complexity index is 401. The van der Waals surface area contributed by atoms with Crippen molar-refractivity contribution < 1.29 is 18.0 Å². The molecule has 6 heteroatoms. The second-order valence-electron chi connectivity index (χ2n) is 4.32. The van der Waals surface area contributed by atoms with Crippen LogP contribution in [0.2, 0.25) is 0 Å². The third-order valence-electron chi connectivity index (χ3n) is 2.88. The van der Waals surface area contributed by atoms with Crippen molar-refractivity contribution in [3.05, 3.63) is 29.8 Å². The monoisotopic (exact) mass is 260 g/mol. The van der Waals surface area contributed by atoms with Gasteiger partial charge in [-0.3, -0.25) is 0 Å². The smallest absolute Gasteiger partial charge is 0.405 e. The van der Waals surface area contributed by atoms with Crippen LogP contribution in [0.15, 0.2) is 24.3 Å². The first kappa shape index (κ1) is 13.2. The van der Waals surface area contributed by atoms with Gasteiger partial charge in [0.2, 0.25) is 0 Å². The van der Waals surface area contributed by atoms with Crippen molar-refractivity contribution in [2.75, 3.05) is 33.2 Å². The Morgan fingerprint density at radius 2 is 1.67 bits per heavy atom. The number of hydrogen-bond donors (Lipinski definition) is 0. The minimum absolute atomic E-state index is 0.130. The Morgan fingerprint density at radius 3 is 2.28 bits per heavy atom. The number of hydroxylamine groups is 2. The summed E-state index contributed by atoms with van der Waals surface area (Å²) in [6.45, 7) is 2.77. The van der Waals surface area contributed by atoms with E-state index in [1.807, 2.05) is 7.05 Å². The summed E-state index contributed by atoms with van der Waals surface area (Å²) in [5, 5.41) is 1.57. The zero-order valence-corrected chi connectivity index (χ0v) is 10.1. The van der Waals surface area contributed by atoms with Crippen molar-refractivity contribution in [2.24, 2.45) is 0 Å². The van der Waals surface area contributed by atoms with E-state index in [4.69, 9.17) is 4.84 Å². The predicted octanol–water partition coefficient (Wildman–Crippen LogP) is 2.25. The maximum absolute atomic E-state index is 12.8. The zero-order chi connectivity index (χ0) is 13.2. The van der Waals surface area contributed by atoms with Crippen LogP contribution in [-0.4, -0.2) is 43.2 Å². The van der Waals surface area contributed by atoms with Crippen molar-refractivity contribution in [2.45, 2.75) is 6.18 Å². The molecule has 0 unspecified atom stereocenters. The maximum atomic E-state index is 12.8. The number of halogens is 3. The molecule has 0 amide bonds. The predicted molar refractivity (Wildman–Crippen MR) is 61.1 cm³/mol. The van der Waals surface area contributed by atoms with Gasteiger partial charge in [0.05, 0.1) is 0 Å². The van der Waals surface area contributed by atoms with Crippen LogP contribution < -0.4 is 4.84 Å². The van der Waals surface area contributed by atoms with Crippen molar-refractivity contribution >= 4 is 0 Å². The summed E-state index contributed by atoms with van der Waals surface area (Å²) in [4.78, 5) is 7.45. The van der Waals surface area contributed by atoms with Gasteiger partial charge in [-0.2, -0.15) is 13.2 Å². The van der Waals surface area contributed by atoms with E-state index in [0.29, 0.717) is 13.1 Å². The molecule has 0 bridgehead atoms. The summed E-state index contributed by atoms with van der Waals surface area (Å²) in [5.74, 6) is -0.130. The highest BCUT2D eigenvalue weighted by molar-refractivity contribution is 5.35. The van der Waals surface area contributed by atoms with Gasteiger partial charge < -0.3 is 9.74 Å². The number of para-hydroxylation sites is 1. The van der Waals surface area contributed by atoms with E-state index in [2.05, 4.69) is 4.90 Å². The van der Waals surface area contributed by atoms with Crippen LogP contribution >= 0.6 is 0 Å². The summed E-state index contributed by atoms with van der Waals surface area (Å²) in [6.07, 6.45) is -4.39. The van der Waals surface area contributed by atoms with E-state index in [1.165, 1.54) is 12.1 Å². The van der Waals surface area contributed by atoms with E-state index < -0.39 is 11.7 Å². The minimum Gasteiger partial charge on any atom is -0.405 e. The molecule has 1 aliphatic heterocycles. The van der Waals surface area contributed by atoms with Gasteiger partial charge in [-0.1, -0.05) is 12.1 Å². The third-order valence-corrected chi connectivity index (χ3v) is 2.88. The van der Waals surface area contributed by atoms with E-state index in [9.17, 15) is 13.2 Å². The molecular weight excluding hydrogens is 245 g/mol. The quantitative estimate of drug-likeness (QED) is 0.811. The molecule has 1 aromatic carbocycles. The zero-order valence-electron chi connectivity index (χ0n) is 10.1. The molecule has 1 aliphatic rings. The standard InChI is InChI=1S/C12H15F3N2O/c1-16-6-8-17(9-7-16)18-11-5-3-2-4-10(11)12(13,14)15/h2-5H,6-9H2,1H3. The number of hydrogen-bond acceptors (Lipinski definition) is 3. The largest absolute Gasteiger partial charge is 0.420 e. The van der Waals surface area contributed by atoms with Crippen LogP contribution in [0, 0.1) is 0 Å². The molecule has 2 rings (SSSR count). The lowest BCUT2D eigenvalue weighted by atomic mass is 10.2. The van der Waals surface area contributed by atoms with E-state index in [0.717, 1.165) is 19.2 Å². The number of alkyl halides is 3. The first-order valence-corrected chi connectivity index (χ1v) is 5.74. The van der Waals surface area contributed by atoms with Gasteiger partial charge in [-0.05, 0) is 19.2 Å². The van der Waals surface area contributed by atoms with Gasteiger partial charge in [-0.25, -0.2) is 0 Å². The topological polar surface area (TPSA) is 15.7 Å². The van der Waals surface area contributed by atoms with Crippen molar-refractivity contribution in [3.63, 3.8) is 0 Å². The first-order chi connectivity index (χ1) is 8.47. The second-order valence-corrected chi connectivity index (χ2v) is 4.32. The summed E-state index contributed by atoms with van der Waals surface area (Å²) < 4.78 is 38.3. The average molecular weight is 260 g/mol. The van der Waals surface area contributed by atoms with E-state index in [-0.39, 0.29) is 5.75 Å². The highest BCUT2D eigenvalue weighted by Gasteiger charge is 2.34. The summed E-state index contributed by atoms with van der Waals surface area (Å²) in [5.41, 5.74) is -0.732. The van der Waals surface area contributed by atoms with Crippen LogP contribution in [0.25, 0.3) is 0 Å². The van der Waals surface area contributed by atoms with Crippen LogP contribution in [-0.2, 0) is 6.18 Å². The Balaban J connectivity index is 2.10. The van der Waals surface area contributed by atoms with Crippen molar-refractivity contribution in [1.82, 2.24) is 9.96 Å². The molecule has 1 aromatic rings. The highest BCUT2D eigenvalue weighted by Crippen LogP contribution is 2.36. The number of nitrogens with zero attached hydrogens (tertiary/aromatic N) is 2. The Kier molecular flexibility index (Phi) is 3.77. The third kappa shape index (κ3) is 3.14. The van der Waals surface area contributed by atoms with Gasteiger partial charge in [0.15, 0.2) is 5.75 Å². The Labute approximate surface area is 104 Å². The van der Waals surface area contributed by atoms with Crippen LogP contribution in [0.1, 0.15) is 5.56 Å². The van der Waals surface area contributed by atoms with Gasteiger partial charge in [-0.15, -0.1) is 5.06 Å². The normalized spacial score (nSPS) is 18.9. The lowest BCUT2D eigenvalue weighted by molar-refractivity contribution is -0.145. The van der Waals surface area contributed by atoms with Gasteiger partial charge in [0.25, 0.3) is 0 Å². The molecule has 0 radical (unpaired) electrons. The molecule has 1 fully saturated rings. The molecule has 0 aromatic heterocycles. The van der Waals surface area contributed by atoms with E-state index in [1.54, 1.807) is 11.1 Å². The van der Waals surface area contributed by atoms with Gasteiger partial charge in [0, 0.05) is 26.2 Å².